The first-order valence-corrected chi connectivity index (χ1v) is 3.99. The zero-order chi connectivity index (χ0) is 8.97. The van der Waals surface area contributed by atoms with E-state index < -0.39 is 0 Å². The van der Waals surface area contributed by atoms with Crippen LogP contribution in [0, 0.1) is 6.92 Å². The van der Waals surface area contributed by atoms with Gasteiger partial charge in [-0.05, 0) is 0 Å². The van der Waals surface area contributed by atoms with Crippen LogP contribution >= 0.6 is 0 Å². The van der Waals surface area contributed by atoms with Gasteiger partial charge in [0.05, 0.1) is 13.3 Å². The summed E-state index contributed by atoms with van der Waals surface area (Å²) >= 11 is 0. The lowest BCUT2D eigenvalue weighted by Crippen LogP contribution is -2.29. The molecule has 0 spiro atoms. The summed E-state index contributed by atoms with van der Waals surface area (Å²) in [5, 5.41) is 0. The van der Waals surface area contributed by atoms with E-state index in [9.17, 15) is 0 Å². The highest BCUT2D eigenvalue weighted by molar-refractivity contribution is 4.78. The third-order valence-electron chi connectivity index (χ3n) is 1.96. The van der Waals surface area contributed by atoms with Gasteiger partial charge < -0.3 is 4.74 Å². The van der Waals surface area contributed by atoms with Crippen molar-refractivity contribution in [3.8, 4) is 0 Å². The molecule has 66 valence electrons. The molecule has 0 amide bonds. The van der Waals surface area contributed by atoms with Crippen LogP contribution < -0.4 is 4.57 Å². The van der Waals surface area contributed by atoms with Crippen LogP contribution in [0.3, 0.4) is 0 Å². The molecule has 0 aromatic carbocycles. The Morgan fingerprint density at radius 3 is 3.00 bits per heavy atom. The second-order valence-electron chi connectivity index (χ2n) is 2.69. The van der Waals surface area contributed by atoms with Gasteiger partial charge in [-0.3, -0.25) is 0 Å². The van der Waals surface area contributed by atoms with Crippen molar-refractivity contribution < 1.29 is 9.30 Å². The molecular weight excluding hydrogens is 152 g/mol. The zero-order valence-corrected chi connectivity index (χ0v) is 7.66. The lowest BCUT2D eigenvalue weighted by Gasteiger charge is -1.98. The van der Waals surface area contributed by atoms with Crippen LogP contribution in [0.1, 0.15) is 5.82 Å². The van der Waals surface area contributed by atoms with E-state index in [4.69, 9.17) is 4.74 Å². The number of rotatable bonds is 4. The van der Waals surface area contributed by atoms with Crippen LogP contribution in [0.25, 0.3) is 0 Å². The van der Waals surface area contributed by atoms with Gasteiger partial charge in [-0.1, -0.05) is 6.58 Å². The molecule has 0 radical (unpaired) electrons. The van der Waals surface area contributed by atoms with E-state index in [0.29, 0.717) is 6.61 Å². The first-order valence-electron chi connectivity index (χ1n) is 3.99. The smallest absolute Gasteiger partial charge is 0.253 e. The molecule has 0 saturated carbocycles. The quantitative estimate of drug-likeness (QED) is 0.368. The third-order valence-corrected chi connectivity index (χ3v) is 1.96. The number of hydrogen-bond donors (Lipinski definition) is 0. The summed E-state index contributed by atoms with van der Waals surface area (Å²) in [6, 6.07) is 0. The van der Waals surface area contributed by atoms with Gasteiger partial charge in [0.2, 0.25) is 0 Å². The van der Waals surface area contributed by atoms with E-state index in [1.807, 2.05) is 19.4 Å². The first-order chi connectivity index (χ1) is 5.75. The average Bonchev–Trinajstić information content (AvgIpc) is 2.36. The van der Waals surface area contributed by atoms with Crippen LogP contribution in [0.5, 0.6) is 0 Å². The highest BCUT2D eigenvalue weighted by atomic mass is 16.5. The molecule has 1 heterocycles. The molecule has 0 bridgehead atoms. The summed E-state index contributed by atoms with van der Waals surface area (Å²) in [7, 11) is 2.03. The number of aryl methyl sites for hydroxylation is 1. The van der Waals surface area contributed by atoms with E-state index in [1.54, 1.807) is 0 Å². The molecule has 0 unspecified atom stereocenters. The number of nitrogens with zero attached hydrogens (tertiary/aromatic N) is 2. The van der Waals surface area contributed by atoms with E-state index >= 15 is 0 Å². The summed E-state index contributed by atoms with van der Waals surface area (Å²) < 4.78 is 9.26. The van der Waals surface area contributed by atoms with Crippen LogP contribution in [0.4, 0.5) is 0 Å². The van der Waals surface area contributed by atoms with Gasteiger partial charge in [0.1, 0.15) is 25.5 Å². The zero-order valence-electron chi connectivity index (χ0n) is 7.66. The lowest BCUT2D eigenvalue weighted by atomic mass is 10.6. The van der Waals surface area contributed by atoms with Crippen molar-refractivity contribution in [2.45, 2.75) is 13.5 Å². The molecule has 0 aliphatic heterocycles. The van der Waals surface area contributed by atoms with Crippen molar-refractivity contribution >= 4 is 0 Å². The summed E-state index contributed by atoms with van der Waals surface area (Å²) in [4.78, 5) is 0. The number of hydrogen-bond acceptors (Lipinski definition) is 1. The van der Waals surface area contributed by atoms with E-state index in [1.165, 1.54) is 12.1 Å². The van der Waals surface area contributed by atoms with Gasteiger partial charge in [-0.25, -0.2) is 9.13 Å². The van der Waals surface area contributed by atoms with E-state index in [2.05, 4.69) is 22.6 Å². The highest BCUT2D eigenvalue weighted by Gasteiger charge is 2.06. The fourth-order valence-corrected chi connectivity index (χ4v) is 1.07. The molecule has 3 heteroatoms. The molecule has 12 heavy (non-hydrogen) atoms. The van der Waals surface area contributed by atoms with Crippen molar-refractivity contribution in [2.24, 2.45) is 7.05 Å². The van der Waals surface area contributed by atoms with Gasteiger partial charge in [0.15, 0.2) is 0 Å². The molecule has 0 saturated heterocycles. The van der Waals surface area contributed by atoms with E-state index in [0.717, 1.165) is 6.54 Å². The first kappa shape index (κ1) is 8.84. The predicted octanol–water partition coefficient (Wildman–Crippen LogP) is 0.781. The fourth-order valence-electron chi connectivity index (χ4n) is 1.07. The minimum Gasteiger partial charge on any atom is -0.498 e. The Bertz CT molecular complexity index is 265. The minimum atomic E-state index is 0.680. The summed E-state index contributed by atoms with van der Waals surface area (Å²) in [6.07, 6.45) is 5.55. The Morgan fingerprint density at radius 2 is 2.50 bits per heavy atom. The fraction of sp³-hybridized carbons (Fsp3) is 0.444. The minimum absolute atomic E-state index is 0.680. The largest absolute Gasteiger partial charge is 0.498 e. The van der Waals surface area contributed by atoms with Crippen LogP contribution in [0.2, 0.25) is 0 Å². The lowest BCUT2D eigenvalue weighted by molar-refractivity contribution is -0.677. The molecule has 3 nitrogen and oxygen atoms in total. The van der Waals surface area contributed by atoms with Gasteiger partial charge in [-0.15, -0.1) is 0 Å². The second kappa shape index (κ2) is 3.95. The maximum atomic E-state index is 5.04. The predicted molar refractivity (Wildman–Crippen MR) is 46.5 cm³/mol. The summed E-state index contributed by atoms with van der Waals surface area (Å²) in [5.41, 5.74) is 0. The number of imidazole rings is 1. The van der Waals surface area contributed by atoms with Gasteiger partial charge in [0.25, 0.3) is 5.82 Å². The number of ether oxygens (including phenoxy) is 1. The van der Waals surface area contributed by atoms with Crippen LogP contribution in [-0.2, 0) is 18.3 Å². The Kier molecular flexibility index (Phi) is 2.91. The molecule has 0 N–H and O–H groups in total. The number of aromatic nitrogens is 2. The molecule has 0 atom stereocenters. The maximum Gasteiger partial charge on any atom is 0.253 e. The Hall–Kier alpha value is -1.25. The van der Waals surface area contributed by atoms with Crippen molar-refractivity contribution in [2.75, 3.05) is 6.61 Å². The van der Waals surface area contributed by atoms with Crippen molar-refractivity contribution in [3.05, 3.63) is 31.1 Å². The van der Waals surface area contributed by atoms with Gasteiger partial charge in [0, 0.05) is 6.92 Å². The molecule has 1 aromatic heterocycles. The molecule has 0 aliphatic rings. The van der Waals surface area contributed by atoms with Gasteiger partial charge >= 0.3 is 0 Å². The average molecular weight is 167 g/mol. The normalized spacial score (nSPS) is 9.83. The second-order valence-corrected chi connectivity index (χ2v) is 2.69. The SMILES string of the molecule is C=COCCn1cc[n+](C)c1C. The molecular formula is C9H15N2O+. The third kappa shape index (κ3) is 1.87. The molecule has 0 fully saturated rings. The monoisotopic (exact) mass is 167 g/mol. The van der Waals surface area contributed by atoms with E-state index in [-0.39, 0.29) is 0 Å². The topological polar surface area (TPSA) is 18.0 Å². The Labute approximate surface area is 72.9 Å². The molecule has 1 aromatic rings. The van der Waals surface area contributed by atoms with Gasteiger partial charge in [-0.2, -0.15) is 0 Å². The van der Waals surface area contributed by atoms with Crippen LogP contribution in [0.15, 0.2) is 25.2 Å². The highest BCUT2D eigenvalue weighted by Crippen LogP contribution is 1.92. The van der Waals surface area contributed by atoms with Crippen LogP contribution in [-0.4, -0.2) is 11.2 Å². The standard InChI is InChI=1S/C9H15N2O/c1-4-12-8-7-11-6-5-10(3)9(11)2/h4-6H,1,7-8H2,2-3H3/q+1. The molecule has 0 aliphatic carbocycles. The molecule has 1 rings (SSSR count). The van der Waals surface area contributed by atoms with Crippen molar-refractivity contribution in [1.82, 2.24) is 4.57 Å². The maximum absolute atomic E-state index is 5.04. The summed E-state index contributed by atoms with van der Waals surface area (Å²) in [6.45, 7) is 7.11. The van der Waals surface area contributed by atoms with Crippen molar-refractivity contribution in [1.29, 1.82) is 0 Å². The van der Waals surface area contributed by atoms with Crippen molar-refractivity contribution in [3.63, 3.8) is 0 Å². The summed E-state index contributed by atoms with van der Waals surface area (Å²) in [5.74, 6) is 1.22. The Balaban J connectivity index is 2.51. The Morgan fingerprint density at radius 1 is 1.75 bits per heavy atom.